The summed E-state index contributed by atoms with van der Waals surface area (Å²) in [6.45, 7) is 3.38. The van der Waals surface area contributed by atoms with E-state index < -0.39 is 0 Å². The second-order valence-corrected chi connectivity index (χ2v) is 7.31. The van der Waals surface area contributed by atoms with E-state index in [1.54, 1.807) is 0 Å². The molecule has 4 nitrogen and oxygen atoms in total. The van der Waals surface area contributed by atoms with Crippen molar-refractivity contribution in [1.29, 1.82) is 0 Å². The van der Waals surface area contributed by atoms with Crippen LogP contribution >= 0.6 is 0 Å². The lowest BCUT2D eigenvalue weighted by molar-refractivity contribution is -0.163. The summed E-state index contributed by atoms with van der Waals surface area (Å²) in [5.41, 5.74) is 0. The van der Waals surface area contributed by atoms with Crippen LogP contribution in [0.15, 0.2) is 0 Å². The molecule has 26 heavy (non-hydrogen) atoms. The zero-order chi connectivity index (χ0) is 18.1. The van der Waals surface area contributed by atoms with Crippen LogP contribution in [0.2, 0.25) is 0 Å². The highest BCUT2D eigenvalue weighted by molar-refractivity contribution is 4.98. The van der Waals surface area contributed by atoms with E-state index in [0.717, 1.165) is 65.0 Å². The number of ether oxygens (including phenoxy) is 4. The largest absolute Gasteiger partial charge is 0.353 e. The minimum absolute atomic E-state index is 0.0594. The Kier molecular flexibility index (Phi) is 12.9. The minimum atomic E-state index is 0.0594. The third kappa shape index (κ3) is 11.2. The number of hydrogen-bond donors (Lipinski definition) is 0. The molecule has 4 heteroatoms. The van der Waals surface area contributed by atoms with Crippen molar-refractivity contribution in [3.05, 3.63) is 0 Å². The van der Waals surface area contributed by atoms with Crippen molar-refractivity contribution in [1.82, 2.24) is 0 Å². The van der Waals surface area contributed by atoms with Crippen LogP contribution in [0.3, 0.4) is 0 Å². The van der Waals surface area contributed by atoms with Gasteiger partial charge in [-0.2, -0.15) is 0 Å². The molecule has 0 N–H and O–H groups in total. The van der Waals surface area contributed by atoms with E-state index in [0.29, 0.717) is 0 Å². The lowest BCUT2D eigenvalue weighted by Crippen LogP contribution is -2.22. The molecule has 2 aliphatic heterocycles. The van der Waals surface area contributed by atoms with Gasteiger partial charge in [0.1, 0.15) is 0 Å². The zero-order valence-electron chi connectivity index (χ0n) is 16.5. The molecule has 2 saturated heterocycles. The Hall–Kier alpha value is -0.600. The summed E-state index contributed by atoms with van der Waals surface area (Å²) in [5, 5.41) is 0. The Morgan fingerprint density at radius 3 is 1.54 bits per heavy atom. The van der Waals surface area contributed by atoms with Crippen LogP contribution in [0.1, 0.15) is 89.9 Å². The van der Waals surface area contributed by atoms with Crippen molar-refractivity contribution >= 4 is 0 Å². The summed E-state index contributed by atoms with van der Waals surface area (Å²) >= 11 is 0. The van der Waals surface area contributed by atoms with Crippen LogP contribution in [-0.2, 0) is 18.9 Å². The predicted octanol–water partition coefficient (Wildman–Crippen LogP) is 5.20. The lowest BCUT2D eigenvalue weighted by Gasteiger charge is -2.22. The van der Waals surface area contributed by atoms with Crippen LogP contribution in [0.25, 0.3) is 0 Å². The van der Waals surface area contributed by atoms with Crippen molar-refractivity contribution in [3.8, 4) is 11.8 Å². The first kappa shape index (κ1) is 21.7. The molecule has 0 amide bonds. The molecule has 2 rings (SSSR count). The van der Waals surface area contributed by atoms with Crippen LogP contribution in [0.4, 0.5) is 0 Å². The molecular weight excluding hydrogens is 328 g/mol. The van der Waals surface area contributed by atoms with Gasteiger partial charge in [-0.05, 0) is 64.2 Å². The van der Waals surface area contributed by atoms with E-state index in [4.69, 9.17) is 18.9 Å². The molecule has 0 aliphatic carbocycles. The van der Waals surface area contributed by atoms with Crippen molar-refractivity contribution in [2.75, 3.05) is 26.4 Å². The monoisotopic (exact) mass is 366 g/mol. The van der Waals surface area contributed by atoms with E-state index >= 15 is 0 Å². The summed E-state index contributed by atoms with van der Waals surface area (Å²) in [6.07, 6.45) is 16.1. The molecule has 2 fully saturated rings. The second kappa shape index (κ2) is 15.5. The number of rotatable bonds is 12. The quantitative estimate of drug-likeness (QED) is 0.351. The minimum Gasteiger partial charge on any atom is -0.353 e. The Morgan fingerprint density at radius 1 is 0.615 bits per heavy atom. The summed E-state index contributed by atoms with van der Waals surface area (Å²) in [6, 6.07) is 0. The first-order chi connectivity index (χ1) is 12.9. The molecule has 0 aromatic rings. The molecule has 0 saturated carbocycles. The van der Waals surface area contributed by atoms with Crippen molar-refractivity contribution < 1.29 is 18.9 Å². The van der Waals surface area contributed by atoms with Gasteiger partial charge in [-0.1, -0.05) is 12.8 Å². The Bertz CT molecular complexity index is 341. The van der Waals surface area contributed by atoms with Crippen molar-refractivity contribution in [2.24, 2.45) is 0 Å². The summed E-state index contributed by atoms with van der Waals surface area (Å²) in [5.74, 6) is 6.60. The van der Waals surface area contributed by atoms with Gasteiger partial charge >= 0.3 is 0 Å². The van der Waals surface area contributed by atoms with Crippen LogP contribution in [0, 0.1) is 11.8 Å². The smallest absolute Gasteiger partial charge is 0.157 e. The molecule has 2 unspecified atom stereocenters. The number of unbranched alkanes of at least 4 members (excludes halogenated alkanes) is 6. The lowest BCUT2D eigenvalue weighted by atomic mass is 10.1. The van der Waals surface area contributed by atoms with Crippen LogP contribution < -0.4 is 0 Å². The molecular formula is C22H38O4. The Balaban J connectivity index is 1.28. The first-order valence-electron chi connectivity index (χ1n) is 10.9. The van der Waals surface area contributed by atoms with E-state index in [2.05, 4.69) is 11.8 Å². The van der Waals surface area contributed by atoms with E-state index in [9.17, 15) is 0 Å². The maximum Gasteiger partial charge on any atom is 0.157 e. The Labute approximate surface area is 160 Å². The Morgan fingerprint density at radius 2 is 1.12 bits per heavy atom. The highest BCUT2D eigenvalue weighted by Gasteiger charge is 2.13. The van der Waals surface area contributed by atoms with Gasteiger partial charge in [0.2, 0.25) is 0 Å². The zero-order valence-corrected chi connectivity index (χ0v) is 16.5. The van der Waals surface area contributed by atoms with Crippen LogP contribution in [0.5, 0.6) is 0 Å². The average molecular weight is 367 g/mol. The van der Waals surface area contributed by atoms with Gasteiger partial charge < -0.3 is 18.9 Å². The molecule has 0 aromatic heterocycles. The summed E-state index contributed by atoms with van der Waals surface area (Å²) in [4.78, 5) is 0. The molecule has 2 heterocycles. The standard InChI is InChI=1S/C22H38O4/c1(3-5-7-11-17-23-21-15-9-13-19-25-21)2-4-6-8-12-18-24-22-16-10-14-20-26-22/h21-22H,3-20H2. The molecule has 2 aliphatic rings. The molecule has 0 spiro atoms. The van der Waals surface area contributed by atoms with Gasteiger partial charge in [-0.15, -0.1) is 11.8 Å². The van der Waals surface area contributed by atoms with Gasteiger partial charge in [0.15, 0.2) is 12.6 Å². The van der Waals surface area contributed by atoms with Crippen LogP contribution in [-0.4, -0.2) is 39.0 Å². The van der Waals surface area contributed by atoms with E-state index in [-0.39, 0.29) is 12.6 Å². The molecule has 0 bridgehead atoms. The number of hydrogen-bond acceptors (Lipinski definition) is 4. The van der Waals surface area contributed by atoms with E-state index in [1.165, 1.54) is 51.4 Å². The van der Waals surface area contributed by atoms with Gasteiger partial charge in [-0.25, -0.2) is 0 Å². The molecule has 150 valence electrons. The normalized spacial score (nSPS) is 23.4. The fraction of sp³-hybridized carbons (Fsp3) is 0.909. The maximum atomic E-state index is 5.74. The highest BCUT2D eigenvalue weighted by Crippen LogP contribution is 2.15. The SMILES string of the molecule is C(#CCCCCCOC1CCCCO1)CCCCCOC1CCCCO1. The van der Waals surface area contributed by atoms with Crippen molar-refractivity contribution in [3.63, 3.8) is 0 Å². The summed E-state index contributed by atoms with van der Waals surface area (Å²) in [7, 11) is 0. The maximum absolute atomic E-state index is 5.74. The predicted molar refractivity (Wildman–Crippen MR) is 104 cm³/mol. The molecule has 0 aromatic carbocycles. The topological polar surface area (TPSA) is 36.9 Å². The fourth-order valence-corrected chi connectivity index (χ4v) is 3.28. The molecule has 2 atom stereocenters. The third-order valence-electron chi connectivity index (χ3n) is 4.90. The summed E-state index contributed by atoms with van der Waals surface area (Å²) < 4.78 is 22.6. The van der Waals surface area contributed by atoms with Gasteiger partial charge in [0, 0.05) is 39.3 Å². The van der Waals surface area contributed by atoms with Gasteiger partial charge in [0.05, 0.1) is 0 Å². The van der Waals surface area contributed by atoms with E-state index in [1.807, 2.05) is 0 Å². The first-order valence-corrected chi connectivity index (χ1v) is 10.9. The third-order valence-corrected chi connectivity index (χ3v) is 4.90. The molecule has 0 radical (unpaired) electrons. The second-order valence-electron chi connectivity index (χ2n) is 7.31. The average Bonchev–Trinajstić information content (AvgIpc) is 2.70. The van der Waals surface area contributed by atoms with Crippen molar-refractivity contribution in [2.45, 2.75) is 102 Å². The van der Waals surface area contributed by atoms with Gasteiger partial charge in [0.25, 0.3) is 0 Å². The van der Waals surface area contributed by atoms with Gasteiger partial charge in [-0.3, -0.25) is 0 Å². The fourth-order valence-electron chi connectivity index (χ4n) is 3.28. The highest BCUT2D eigenvalue weighted by atomic mass is 16.7.